The average molecular weight is 369 g/mol. The zero-order valence-corrected chi connectivity index (χ0v) is 14.7. The van der Waals surface area contributed by atoms with Gasteiger partial charge >= 0.3 is 6.03 Å². The third-order valence-corrected chi connectivity index (χ3v) is 4.11. The van der Waals surface area contributed by atoms with Gasteiger partial charge in [-0.25, -0.2) is 4.79 Å². The van der Waals surface area contributed by atoms with Crippen LogP contribution < -0.4 is 10.6 Å². The number of para-hydroxylation sites is 2. The second-order valence-corrected chi connectivity index (χ2v) is 5.96. The number of carbonyl (C=O) groups is 3. The van der Waals surface area contributed by atoms with Crippen LogP contribution in [0.1, 0.15) is 27.1 Å². The molecule has 1 aliphatic rings. The Morgan fingerprint density at radius 1 is 1.07 bits per heavy atom. The number of anilines is 2. The number of imide groups is 1. The molecule has 8 heteroatoms. The van der Waals surface area contributed by atoms with Gasteiger partial charge in [-0.1, -0.05) is 12.1 Å². The summed E-state index contributed by atoms with van der Waals surface area (Å²) >= 11 is 0. The summed E-state index contributed by atoms with van der Waals surface area (Å²) in [6, 6.07) is 10.3. The van der Waals surface area contributed by atoms with E-state index in [1.54, 1.807) is 31.4 Å². The number of ether oxygens (including phenoxy) is 1. The van der Waals surface area contributed by atoms with Crippen molar-refractivity contribution in [2.75, 3.05) is 30.9 Å². The lowest BCUT2D eigenvalue weighted by molar-refractivity contribution is 0.0638. The highest BCUT2D eigenvalue weighted by Crippen LogP contribution is 2.26. The van der Waals surface area contributed by atoms with Gasteiger partial charge in [0.1, 0.15) is 5.75 Å². The Kier molecular flexibility index (Phi) is 5.37. The van der Waals surface area contributed by atoms with Crippen LogP contribution in [0.15, 0.2) is 42.5 Å². The fourth-order valence-electron chi connectivity index (χ4n) is 2.80. The van der Waals surface area contributed by atoms with Gasteiger partial charge in [0.2, 0.25) is 0 Å². The van der Waals surface area contributed by atoms with Crippen molar-refractivity contribution >= 4 is 29.2 Å². The largest absolute Gasteiger partial charge is 0.506 e. The first-order chi connectivity index (χ1) is 13.0. The van der Waals surface area contributed by atoms with Gasteiger partial charge < -0.3 is 20.5 Å². The number of phenolic OH excluding ortho intramolecular Hbond substituents is 1. The topological polar surface area (TPSA) is 108 Å². The van der Waals surface area contributed by atoms with Crippen LogP contribution in [-0.2, 0) is 4.74 Å². The normalized spacial score (nSPS) is 12.9. The molecule has 0 saturated carbocycles. The summed E-state index contributed by atoms with van der Waals surface area (Å²) in [5.74, 6) is -0.804. The van der Waals surface area contributed by atoms with Gasteiger partial charge in [0.05, 0.1) is 16.8 Å². The molecule has 0 aliphatic carbocycles. The monoisotopic (exact) mass is 369 g/mol. The third-order valence-electron chi connectivity index (χ3n) is 4.11. The van der Waals surface area contributed by atoms with E-state index in [1.807, 2.05) is 0 Å². The molecule has 0 fully saturated rings. The molecule has 0 spiro atoms. The zero-order valence-electron chi connectivity index (χ0n) is 14.7. The van der Waals surface area contributed by atoms with E-state index in [1.165, 1.54) is 23.1 Å². The third kappa shape index (κ3) is 3.90. The minimum absolute atomic E-state index is 0.0610. The van der Waals surface area contributed by atoms with Gasteiger partial charge in [-0.3, -0.25) is 14.5 Å². The van der Waals surface area contributed by atoms with E-state index in [-0.39, 0.29) is 29.5 Å². The average Bonchev–Trinajstić information content (AvgIpc) is 2.88. The maximum Gasteiger partial charge on any atom is 0.323 e. The highest BCUT2D eigenvalue weighted by molar-refractivity contribution is 6.22. The Labute approximate surface area is 155 Å². The highest BCUT2D eigenvalue weighted by Gasteiger charge is 2.35. The van der Waals surface area contributed by atoms with Crippen molar-refractivity contribution in [3.8, 4) is 5.75 Å². The van der Waals surface area contributed by atoms with Crippen molar-refractivity contribution in [3.05, 3.63) is 53.6 Å². The summed E-state index contributed by atoms with van der Waals surface area (Å²) in [6.07, 6.45) is 0.552. The molecule has 140 valence electrons. The number of amides is 4. The van der Waals surface area contributed by atoms with E-state index in [4.69, 9.17) is 4.74 Å². The second kappa shape index (κ2) is 7.88. The molecule has 0 radical (unpaired) electrons. The van der Waals surface area contributed by atoms with Crippen molar-refractivity contribution in [1.29, 1.82) is 0 Å². The predicted octanol–water partition coefficient (Wildman–Crippen LogP) is 2.67. The van der Waals surface area contributed by atoms with E-state index in [0.717, 1.165) is 0 Å². The van der Waals surface area contributed by atoms with Crippen LogP contribution in [0.3, 0.4) is 0 Å². The summed E-state index contributed by atoms with van der Waals surface area (Å²) in [4.78, 5) is 38.1. The Hall–Kier alpha value is -3.39. The van der Waals surface area contributed by atoms with Gasteiger partial charge in [-0.05, 0) is 36.8 Å². The van der Waals surface area contributed by atoms with Crippen molar-refractivity contribution in [1.82, 2.24) is 4.90 Å². The standard InChI is InChI=1S/C19H19N3O5/c1-27-10-4-9-22-17(24)13-8-7-12(11-14(13)18(22)25)20-19(26)21-15-5-2-3-6-16(15)23/h2-3,5-8,11,23H,4,9-10H2,1H3,(H2,20,21,26). The molecular formula is C19H19N3O5. The van der Waals surface area contributed by atoms with Crippen LogP contribution in [-0.4, -0.2) is 48.1 Å². The summed E-state index contributed by atoms with van der Waals surface area (Å²) in [5.41, 5.74) is 1.18. The summed E-state index contributed by atoms with van der Waals surface area (Å²) in [6.45, 7) is 0.726. The summed E-state index contributed by atoms with van der Waals surface area (Å²) < 4.78 is 4.95. The molecule has 1 aliphatic heterocycles. The number of hydrogen-bond donors (Lipinski definition) is 3. The van der Waals surface area contributed by atoms with Crippen LogP contribution in [0.25, 0.3) is 0 Å². The number of hydrogen-bond acceptors (Lipinski definition) is 5. The molecule has 8 nitrogen and oxygen atoms in total. The number of benzene rings is 2. The van der Waals surface area contributed by atoms with Crippen molar-refractivity contribution in [2.45, 2.75) is 6.42 Å². The zero-order chi connectivity index (χ0) is 19.4. The lowest BCUT2D eigenvalue weighted by Gasteiger charge is -2.12. The first-order valence-electron chi connectivity index (χ1n) is 8.36. The van der Waals surface area contributed by atoms with E-state index in [2.05, 4.69) is 10.6 Å². The molecule has 0 aromatic heterocycles. The number of urea groups is 1. The van der Waals surface area contributed by atoms with E-state index >= 15 is 0 Å². The number of methoxy groups -OCH3 is 1. The van der Waals surface area contributed by atoms with Gasteiger partial charge in [0.25, 0.3) is 11.8 Å². The maximum absolute atomic E-state index is 12.5. The van der Waals surface area contributed by atoms with E-state index in [9.17, 15) is 19.5 Å². The van der Waals surface area contributed by atoms with Gasteiger partial charge in [-0.15, -0.1) is 0 Å². The fraction of sp³-hybridized carbons (Fsp3) is 0.211. The van der Waals surface area contributed by atoms with Gasteiger partial charge in [0, 0.05) is 25.9 Å². The van der Waals surface area contributed by atoms with Crippen LogP contribution in [0.2, 0.25) is 0 Å². The molecule has 0 atom stereocenters. The molecule has 4 amide bonds. The first kappa shape index (κ1) is 18.4. The van der Waals surface area contributed by atoms with E-state index in [0.29, 0.717) is 24.3 Å². The highest BCUT2D eigenvalue weighted by atomic mass is 16.5. The number of rotatable bonds is 6. The first-order valence-corrected chi connectivity index (χ1v) is 8.36. The molecule has 3 rings (SSSR count). The molecule has 1 heterocycles. The number of nitrogens with one attached hydrogen (secondary N) is 2. The molecule has 0 saturated heterocycles. The Balaban J connectivity index is 1.70. The van der Waals surface area contributed by atoms with Crippen LogP contribution in [0, 0.1) is 0 Å². The molecule has 2 aromatic rings. The minimum atomic E-state index is -0.579. The van der Waals surface area contributed by atoms with Gasteiger partial charge in [0.15, 0.2) is 0 Å². The molecule has 0 unspecified atom stereocenters. The number of nitrogens with zero attached hydrogens (tertiary/aromatic N) is 1. The maximum atomic E-state index is 12.5. The SMILES string of the molecule is COCCCN1C(=O)c2ccc(NC(=O)Nc3ccccc3O)cc2C1=O. The minimum Gasteiger partial charge on any atom is -0.506 e. The number of aromatic hydroxyl groups is 1. The van der Waals surface area contributed by atoms with Gasteiger partial charge in [-0.2, -0.15) is 0 Å². The molecule has 27 heavy (non-hydrogen) atoms. The van der Waals surface area contributed by atoms with Crippen molar-refractivity contribution in [2.24, 2.45) is 0 Å². The molecule has 3 N–H and O–H groups in total. The molecular weight excluding hydrogens is 350 g/mol. The summed E-state index contributed by atoms with van der Waals surface area (Å²) in [5, 5.41) is 14.8. The smallest absolute Gasteiger partial charge is 0.323 e. The van der Waals surface area contributed by atoms with Crippen molar-refractivity contribution in [3.63, 3.8) is 0 Å². The summed E-state index contributed by atoms with van der Waals surface area (Å²) in [7, 11) is 1.56. The molecule has 0 bridgehead atoms. The Morgan fingerprint density at radius 2 is 1.81 bits per heavy atom. The quantitative estimate of drug-likeness (QED) is 0.412. The van der Waals surface area contributed by atoms with Crippen LogP contribution in [0.4, 0.5) is 16.2 Å². The van der Waals surface area contributed by atoms with E-state index < -0.39 is 11.9 Å². The second-order valence-electron chi connectivity index (χ2n) is 5.96. The Bertz CT molecular complexity index is 897. The number of carbonyl (C=O) groups excluding carboxylic acids is 3. The number of fused-ring (bicyclic) bond motifs is 1. The van der Waals surface area contributed by atoms with Crippen LogP contribution >= 0.6 is 0 Å². The van der Waals surface area contributed by atoms with Crippen LogP contribution in [0.5, 0.6) is 5.75 Å². The molecule has 2 aromatic carbocycles. The lowest BCUT2D eigenvalue weighted by atomic mass is 10.1. The number of phenols is 1. The fourth-order valence-corrected chi connectivity index (χ4v) is 2.80. The Morgan fingerprint density at radius 3 is 2.56 bits per heavy atom. The van der Waals surface area contributed by atoms with Crippen molar-refractivity contribution < 1.29 is 24.2 Å². The lowest BCUT2D eigenvalue weighted by Crippen LogP contribution is -2.31. The predicted molar refractivity (Wildman–Crippen MR) is 99.1 cm³/mol.